The van der Waals surface area contributed by atoms with Gasteiger partial charge in [-0.15, -0.1) is 0 Å². The Morgan fingerprint density at radius 2 is 1.62 bits per heavy atom. The normalized spacial score (nSPS) is 31.0. The molecule has 0 spiro atoms. The zero-order valence-electron chi connectivity index (χ0n) is 46.6. The fraction of sp³-hybridized carbons (Fsp3) is 0.538. The lowest BCUT2D eigenvalue weighted by atomic mass is 9.37. The number of hydrogen-bond acceptors (Lipinski definition) is 15. The third kappa shape index (κ3) is 8.26. The number of benzene rings is 4. The number of fused-ring (bicyclic) bond motifs is 9. The minimum Gasteiger partial charge on any atom is -0.502 e. The van der Waals surface area contributed by atoms with Crippen molar-refractivity contribution in [1.29, 1.82) is 0 Å². The number of carbonyl (C=O) groups excluding carboxylic acids is 2. The van der Waals surface area contributed by atoms with Gasteiger partial charge < -0.3 is 59.6 Å². The first-order chi connectivity index (χ1) is 39.4. The van der Waals surface area contributed by atoms with Gasteiger partial charge in [0.05, 0.1) is 51.2 Å². The first-order valence-corrected chi connectivity index (χ1v) is 29.7. The summed E-state index contributed by atoms with van der Waals surface area (Å²) < 4.78 is 31.6. The highest BCUT2D eigenvalue weighted by Crippen LogP contribution is 2.71. The maximum Gasteiger partial charge on any atom is 0.254 e. The zero-order chi connectivity index (χ0) is 56.1. The number of ether oxygens (including phenoxy) is 5. The molecule has 0 saturated heterocycles. The summed E-state index contributed by atoms with van der Waals surface area (Å²) >= 11 is 0. The van der Waals surface area contributed by atoms with Crippen LogP contribution < -0.4 is 34.3 Å². The molecule has 13 atom stereocenters. The monoisotopic (exact) mass is 1110 g/mol. The van der Waals surface area contributed by atoms with Crippen LogP contribution in [0.5, 0.6) is 34.5 Å². The van der Waals surface area contributed by atoms with Crippen molar-refractivity contribution in [2.45, 2.75) is 113 Å². The maximum atomic E-state index is 14.1. The molecule has 3 heterocycles. The second-order valence-electron chi connectivity index (χ2n) is 24.5. The van der Waals surface area contributed by atoms with Crippen LogP contribution >= 0.6 is 0 Å². The summed E-state index contributed by atoms with van der Waals surface area (Å²) in [6.07, 6.45) is 13.2. The molecule has 16 nitrogen and oxygen atoms in total. The summed E-state index contributed by atoms with van der Waals surface area (Å²) in [5.41, 5.74) is 6.89. The number of carbonyl (C=O) groups is 2. The van der Waals surface area contributed by atoms with Crippen LogP contribution in [0.15, 0.2) is 72.8 Å². The Morgan fingerprint density at radius 1 is 0.852 bits per heavy atom. The predicted molar refractivity (Wildman–Crippen MR) is 301 cm³/mol. The van der Waals surface area contributed by atoms with Crippen LogP contribution in [0.2, 0.25) is 0 Å². The third-order valence-electron chi connectivity index (χ3n) is 21.4. The van der Waals surface area contributed by atoms with Crippen molar-refractivity contribution >= 4 is 17.5 Å². The molecule has 81 heavy (non-hydrogen) atoms. The number of anilines is 1. The Morgan fingerprint density at radius 3 is 2.36 bits per heavy atom. The van der Waals surface area contributed by atoms with E-state index in [1.807, 2.05) is 19.1 Å². The highest BCUT2D eigenvalue weighted by Gasteiger charge is 2.67. The SMILES string of the molecule is CCNCOc1cc(OC)c2c3c1C(O)Nc1cc4c(c(c1-3)CC2)C(O)C(c1cc(OC)c(O)c(OCC(CO)C23CC(C5(N6C(=O)C=CC6=O)CCCCC5)CC5C6C(C=CC(CCO)C6CO)C(CC52)c2ccccc23)c1)CO4. The van der Waals surface area contributed by atoms with E-state index in [-0.39, 0.29) is 116 Å². The van der Waals surface area contributed by atoms with E-state index < -0.39 is 35.1 Å². The Hall–Kier alpha value is -6.14. The molecule has 13 unspecified atom stereocenters. The van der Waals surface area contributed by atoms with E-state index in [0.717, 1.165) is 59.9 Å². The van der Waals surface area contributed by atoms with Gasteiger partial charge in [-0.2, -0.15) is 0 Å². The molecule has 430 valence electrons. The average molecular weight is 1110 g/mol. The number of imide groups is 1. The van der Waals surface area contributed by atoms with Gasteiger partial charge in [-0.1, -0.05) is 62.6 Å². The van der Waals surface area contributed by atoms with Crippen LogP contribution in [-0.4, -0.2) is 113 Å². The number of phenolic OH excluding ortho intramolecular Hbond substituents is 1. The maximum absolute atomic E-state index is 14.1. The molecule has 13 rings (SSSR count). The lowest BCUT2D eigenvalue weighted by molar-refractivity contribution is -0.160. The first-order valence-electron chi connectivity index (χ1n) is 29.7. The molecule has 2 bridgehead atoms. The van der Waals surface area contributed by atoms with Crippen molar-refractivity contribution in [1.82, 2.24) is 10.2 Å². The number of methoxy groups -OCH3 is 2. The van der Waals surface area contributed by atoms with Crippen molar-refractivity contribution in [3.8, 4) is 45.6 Å². The standard InChI is InChI=1S/C65H77N3O13/c1-4-66-33-81-51-27-49(77-2)40-14-15-41-57-48(67-63(76)60(51)59(40)57)26-50-58(41)61(74)45(32-80-50)35-22-52(78-3)62(75)53(23-35)79-31-37(29-70)65-28-36(64(19-8-5-9-20-64)68-54(72)16-17-55(68)73)24-43-47(65)25-42(38-10-6-7-11-46(38)65)39-13-12-34(18-21-69)44(30-71)56(39)43/h6-7,10-13,16-17,22-23,26-27,34,36-37,39,42-45,47,56,61,63,66-67,69-71,74-76H,4-5,8-9,14-15,18-21,24-25,28-33H2,1-3H3. The predicted octanol–water partition coefficient (Wildman–Crippen LogP) is 7.85. The number of nitrogens with zero attached hydrogens (tertiary/aromatic N) is 1. The van der Waals surface area contributed by atoms with Gasteiger partial charge in [0.25, 0.3) is 11.8 Å². The van der Waals surface area contributed by atoms with E-state index in [1.54, 1.807) is 24.1 Å². The Labute approximate surface area is 473 Å². The summed E-state index contributed by atoms with van der Waals surface area (Å²) in [7, 11) is 3.11. The number of allylic oxidation sites excluding steroid dienone is 2. The molecule has 3 saturated carbocycles. The van der Waals surface area contributed by atoms with Gasteiger partial charge in [-0.05, 0) is 140 Å². The number of aliphatic hydroxyl groups excluding tert-OH is 5. The number of aromatic hydroxyl groups is 1. The second kappa shape index (κ2) is 21.2. The van der Waals surface area contributed by atoms with E-state index in [2.05, 4.69) is 47.1 Å². The van der Waals surface area contributed by atoms with Crippen LogP contribution in [0.4, 0.5) is 5.69 Å². The quantitative estimate of drug-likeness (QED) is 0.0218. The van der Waals surface area contributed by atoms with Gasteiger partial charge in [0.2, 0.25) is 5.75 Å². The Bertz CT molecular complexity index is 3170. The molecule has 4 aromatic rings. The van der Waals surface area contributed by atoms with Crippen molar-refractivity contribution in [2.75, 3.05) is 65.8 Å². The molecule has 3 aliphatic heterocycles. The molecular weight excluding hydrogens is 1030 g/mol. The highest BCUT2D eigenvalue weighted by atomic mass is 16.5. The number of hydrogen-bond donors (Lipinski definition) is 8. The van der Waals surface area contributed by atoms with Crippen molar-refractivity contribution in [3.63, 3.8) is 0 Å². The number of aliphatic hydroxyl groups is 5. The first kappa shape index (κ1) is 54.1. The minimum absolute atomic E-state index is 0.000548. The Balaban J connectivity index is 0.886. The molecular formula is C65H77N3O13. The molecule has 3 fully saturated rings. The van der Waals surface area contributed by atoms with Crippen molar-refractivity contribution in [3.05, 3.63) is 112 Å². The lowest BCUT2D eigenvalue weighted by Crippen LogP contribution is -2.67. The van der Waals surface area contributed by atoms with E-state index in [0.29, 0.717) is 84.7 Å². The van der Waals surface area contributed by atoms with Gasteiger partial charge in [0.1, 0.15) is 24.0 Å². The molecule has 16 heteroatoms. The molecule has 2 amide bonds. The average Bonchev–Trinajstić information content (AvgIpc) is 3.12. The van der Waals surface area contributed by atoms with Crippen LogP contribution in [0.25, 0.3) is 11.1 Å². The zero-order valence-corrected chi connectivity index (χ0v) is 46.6. The minimum atomic E-state index is -1.08. The highest BCUT2D eigenvalue weighted by molar-refractivity contribution is 6.13. The van der Waals surface area contributed by atoms with Crippen LogP contribution in [0.3, 0.4) is 0 Å². The largest absolute Gasteiger partial charge is 0.502 e. The van der Waals surface area contributed by atoms with E-state index in [1.165, 1.54) is 24.8 Å². The van der Waals surface area contributed by atoms with Gasteiger partial charge in [0, 0.05) is 82.7 Å². The van der Waals surface area contributed by atoms with Gasteiger partial charge in [-0.25, -0.2) is 0 Å². The number of phenols is 1. The van der Waals surface area contributed by atoms with Crippen LogP contribution in [-0.2, 0) is 27.8 Å². The van der Waals surface area contributed by atoms with Gasteiger partial charge in [0.15, 0.2) is 17.7 Å². The molecule has 0 aromatic heterocycles. The van der Waals surface area contributed by atoms with Crippen LogP contribution in [0.1, 0.15) is 128 Å². The number of amides is 2. The smallest absolute Gasteiger partial charge is 0.254 e. The summed E-state index contributed by atoms with van der Waals surface area (Å²) in [5, 5.41) is 77.0. The number of nitrogens with one attached hydrogen (secondary N) is 2. The molecule has 0 radical (unpaired) electrons. The fourth-order valence-corrected chi connectivity index (χ4v) is 18.1. The van der Waals surface area contributed by atoms with Gasteiger partial charge >= 0.3 is 0 Å². The van der Waals surface area contributed by atoms with E-state index in [4.69, 9.17) is 23.7 Å². The lowest BCUT2D eigenvalue weighted by Gasteiger charge is -2.68. The topological polar surface area (TPSA) is 229 Å². The van der Waals surface area contributed by atoms with Crippen molar-refractivity contribution in [2.24, 2.45) is 47.3 Å². The van der Waals surface area contributed by atoms with Crippen LogP contribution in [0, 0.1) is 47.3 Å². The summed E-state index contributed by atoms with van der Waals surface area (Å²) in [5.74, 6) is -0.0265. The summed E-state index contributed by atoms with van der Waals surface area (Å²) in [4.78, 5) is 29.7. The third-order valence-corrected chi connectivity index (χ3v) is 21.4. The second-order valence-corrected chi connectivity index (χ2v) is 24.5. The summed E-state index contributed by atoms with van der Waals surface area (Å²) in [6.45, 7) is 2.68. The van der Waals surface area contributed by atoms with E-state index >= 15 is 0 Å². The molecule has 8 N–H and O–H groups in total. The fourth-order valence-electron chi connectivity index (χ4n) is 18.1. The van der Waals surface area contributed by atoms with Gasteiger partial charge in [-0.3, -0.25) is 19.8 Å². The molecule has 6 aliphatic carbocycles. The number of rotatable bonds is 17. The van der Waals surface area contributed by atoms with E-state index in [9.17, 15) is 40.2 Å². The van der Waals surface area contributed by atoms with Crippen molar-refractivity contribution < 1.29 is 63.9 Å². The summed E-state index contributed by atoms with van der Waals surface area (Å²) in [6, 6.07) is 15.8. The molecule has 9 aliphatic rings. The Kier molecular flexibility index (Phi) is 14.2. The molecule has 4 aromatic carbocycles.